The van der Waals surface area contributed by atoms with E-state index in [2.05, 4.69) is 15.4 Å². The molecule has 32 heavy (non-hydrogen) atoms. The molecule has 4 rings (SSSR count). The fraction of sp³-hybridized carbons (Fsp3) is 0.409. The molecule has 3 unspecified atom stereocenters. The number of hydrogen-bond acceptors (Lipinski definition) is 6. The molecule has 1 aromatic carbocycles. The van der Waals surface area contributed by atoms with Gasteiger partial charge in [-0.1, -0.05) is 23.7 Å². The highest BCUT2D eigenvalue weighted by Crippen LogP contribution is 2.26. The van der Waals surface area contributed by atoms with Crippen LogP contribution >= 0.6 is 11.6 Å². The zero-order valence-corrected chi connectivity index (χ0v) is 18.8. The van der Waals surface area contributed by atoms with Gasteiger partial charge < -0.3 is 19.7 Å². The second-order valence-corrected chi connectivity index (χ2v) is 8.29. The summed E-state index contributed by atoms with van der Waals surface area (Å²) in [5.74, 6) is 0.465. The monoisotopic (exact) mass is 461 g/mol. The SMILES string of the molecule is COc1cc(C(=O)N2CC(C)OCC2C)cn2nc(NC(CF)c3cccc(Cl)c3)nc12. The van der Waals surface area contributed by atoms with Crippen LogP contribution in [0.1, 0.15) is 35.8 Å². The van der Waals surface area contributed by atoms with Crippen molar-refractivity contribution in [3.63, 3.8) is 0 Å². The maximum atomic E-state index is 13.8. The van der Waals surface area contributed by atoms with Crippen molar-refractivity contribution in [2.75, 3.05) is 32.3 Å². The highest BCUT2D eigenvalue weighted by atomic mass is 35.5. The number of nitrogens with one attached hydrogen (secondary N) is 1. The van der Waals surface area contributed by atoms with Crippen LogP contribution in [0.4, 0.5) is 10.3 Å². The van der Waals surface area contributed by atoms with Gasteiger partial charge in [-0.3, -0.25) is 4.79 Å². The molecule has 3 heterocycles. The molecule has 3 aromatic rings. The number of fused-ring (bicyclic) bond motifs is 1. The van der Waals surface area contributed by atoms with Crippen LogP contribution in [0.2, 0.25) is 5.02 Å². The third kappa shape index (κ3) is 4.49. The number of alkyl halides is 1. The third-order valence-electron chi connectivity index (χ3n) is 5.44. The van der Waals surface area contributed by atoms with Gasteiger partial charge in [0.15, 0.2) is 11.4 Å². The Hall–Kier alpha value is -2.91. The van der Waals surface area contributed by atoms with E-state index in [1.165, 1.54) is 11.6 Å². The van der Waals surface area contributed by atoms with E-state index in [-0.39, 0.29) is 24.0 Å². The van der Waals surface area contributed by atoms with E-state index < -0.39 is 12.7 Å². The number of rotatable bonds is 6. The van der Waals surface area contributed by atoms with E-state index in [0.29, 0.717) is 40.7 Å². The molecule has 2 aromatic heterocycles. The third-order valence-corrected chi connectivity index (χ3v) is 5.68. The van der Waals surface area contributed by atoms with Gasteiger partial charge in [-0.25, -0.2) is 8.91 Å². The Morgan fingerprint density at radius 3 is 2.94 bits per heavy atom. The van der Waals surface area contributed by atoms with Gasteiger partial charge in [-0.2, -0.15) is 4.98 Å². The molecule has 3 atom stereocenters. The molecular formula is C22H25ClFN5O3. The van der Waals surface area contributed by atoms with Gasteiger partial charge in [0.2, 0.25) is 5.95 Å². The van der Waals surface area contributed by atoms with Gasteiger partial charge in [0, 0.05) is 17.8 Å². The standard InChI is InChI=1S/C22H25ClFN5O3/c1-13-12-32-14(2)10-28(13)21(30)16-8-19(31-3)20-26-22(27-29(20)11-16)25-18(9-24)15-5-4-6-17(23)7-15/h4-8,11,13-14,18H,9-10,12H2,1-3H3,(H,25,27). The van der Waals surface area contributed by atoms with Crippen molar-refractivity contribution in [3.05, 3.63) is 52.7 Å². The van der Waals surface area contributed by atoms with Crippen molar-refractivity contribution in [2.45, 2.75) is 32.0 Å². The first kappa shape index (κ1) is 22.3. The summed E-state index contributed by atoms with van der Waals surface area (Å²) >= 11 is 6.04. The van der Waals surface area contributed by atoms with E-state index in [1.807, 2.05) is 13.8 Å². The first-order valence-corrected chi connectivity index (χ1v) is 10.7. The second-order valence-electron chi connectivity index (χ2n) is 7.86. The lowest BCUT2D eigenvalue weighted by Crippen LogP contribution is -2.50. The first-order chi connectivity index (χ1) is 15.4. The lowest BCUT2D eigenvalue weighted by molar-refractivity contribution is -0.0387. The summed E-state index contributed by atoms with van der Waals surface area (Å²) in [6, 6.07) is 7.88. The molecule has 0 bridgehead atoms. The summed E-state index contributed by atoms with van der Waals surface area (Å²) < 4.78 is 26.3. The number of amides is 1. The largest absolute Gasteiger partial charge is 0.493 e. The highest BCUT2D eigenvalue weighted by Gasteiger charge is 2.29. The van der Waals surface area contributed by atoms with E-state index >= 15 is 0 Å². The number of carbonyl (C=O) groups excluding carboxylic acids is 1. The van der Waals surface area contributed by atoms with Crippen LogP contribution in [0.3, 0.4) is 0 Å². The quantitative estimate of drug-likeness (QED) is 0.602. The Kier molecular flexibility index (Phi) is 6.48. The van der Waals surface area contributed by atoms with Crippen molar-refractivity contribution < 1.29 is 18.7 Å². The normalized spacial score (nSPS) is 19.7. The van der Waals surface area contributed by atoms with Gasteiger partial charge in [-0.05, 0) is 37.6 Å². The van der Waals surface area contributed by atoms with Crippen LogP contribution in [0.15, 0.2) is 36.5 Å². The molecule has 1 saturated heterocycles. The molecule has 1 N–H and O–H groups in total. The van der Waals surface area contributed by atoms with Gasteiger partial charge in [0.1, 0.15) is 6.67 Å². The van der Waals surface area contributed by atoms with Crippen molar-refractivity contribution in [3.8, 4) is 5.75 Å². The number of pyridine rings is 1. The summed E-state index contributed by atoms with van der Waals surface area (Å²) in [6.45, 7) is 4.19. The lowest BCUT2D eigenvalue weighted by atomic mass is 10.1. The number of methoxy groups -OCH3 is 1. The predicted molar refractivity (Wildman–Crippen MR) is 119 cm³/mol. The van der Waals surface area contributed by atoms with Crippen LogP contribution in [-0.2, 0) is 4.74 Å². The van der Waals surface area contributed by atoms with Crippen molar-refractivity contribution >= 4 is 29.1 Å². The molecule has 1 aliphatic heterocycles. The van der Waals surface area contributed by atoms with Crippen LogP contribution in [-0.4, -0.2) is 64.5 Å². The van der Waals surface area contributed by atoms with Gasteiger partial charge in [-0.15, -0.1) is 5.10 Å². The number of anilines is 1. The number of carbonyl (C=O) groups is 1. The average molecular weight is 462 g/mol. The smallest absolute Gasteiger partial charge is 0.255 e. The molecule has 10 heteroatoms. The van der Waals surface area contributed by atoms with Crippen LogP contribution in [0.25, 0.3) is 5.65 Å². The minimum Gasteiger partial charge on any atom is -0.493 e. The predicted octanol–water partition coefficient (Wildman–Crippen LogP) is 3.76. The number of benzene rings is 1. The lowest BCUT2D eigenvalue weighted by Gasteiger charge is -2.36. The molecule has 1 aliphatic rings. The maximum absolute atomic E-state index is 13.8. The zero-order chi connectivity index (χ0) is 22.8. The Morgan fingerprint density at radius 1 is 1.41 bits per heavy atom. The zero-order valence-electron chi connectivity index (χ0n) is 18.1. The average Bonchev–Trinajstić information content (AvgIpc) is 3.20. The Labute approximate surface area is 190 Å². The molecule has 1 amide bonds. The number of nitrogens with zero attached hydrogens (tertiary/aromatic N) is 4. The van der Waals surface area contributed by atoms with E-state index in [9.17, 15) is 9.18 Å². The van der Waals surface area contributed by atoms with Crippen LogP contribution < -0.4 is 10.1 Å². The molecule has 0 saturated carbocycles. The summed E-state index contributed by atoms with van der Waals surface area (Å²) in [5.41, 5.74) is 1.51. The summed E-state index contributed by atoms with van der Waals surface area (Å²) in [7, 11) is 1.50. The van der Waals surface area contributed by atoms with Gasteiger partial charge >= 0.3 is 0 Å². The number of hydrogen-bond donors (Lipinski definition) is 1. The topological polar surface area (TPSA) is 81.0 Å². The van der Waals surface area contributed by atoms with Gasteiger partial charge in [0.05, 0.1) is 37.5 Å². The highest BCUT2D eigenvalue weighted by molar-refractivity contribution is 6.30. The van der Waals surface area contributed by atoms with Crippen LogP contribution in [0.5, 0.6) is 5.75 Å². The molecule has 8 nitrogen and oxygen atoms in total. The molecule has 170 valence electrons. The molecule has 0 aliphatic carbocycles. The van der Waals surface area contributed by atoms with E-state index in [4.69, 9.17) is 21.1 Å². The number of aromatic nitrogens is 3. The fourth-order valence-corrected chi connectivity index (χ4v) is 3.93. The Balaban J connectivity index is 1.64. The Morgan fingerprint density at radius 2 is 2.22 bits per heavy atom. The van der Waals surface area contributed by atoms with E-state index in [1.54, 1.807) is 41.4 Å². The summed E-state index contributed by atoms with van der Waals surface area (Å²) in [4.78, 5) is 19.4. The van der Waals surface area contributed by atoms with Gasteiger partial charge in [0.25, 0.3) is 5.91 Å². The fourth-order valence-electron chi connectivity index (χ4n) is 3.73. The van der Waals surface area contributed by atoms with Crippen molar-refractivity contribution in [2.24, 2.45) is 0 Å². The molecule has 1 fully saturated rings. The van der Waals surface area contributed by atoms with Crippen LogP contribution in [0, 0.1) is 0 Å². The first-order valence-electron chi connectivity index (χ1n) is 10.3. The molecular weight excluding hydrogens is 437 g/mol. The summed E-state index contributed by atoms with van der Waals surface area (Å²) in [5, 5.41) is 7.91. The minimum absolute atomic E-state index is 0.0351. The summed E-state index contributed by atoms with van der Waals surface area (Å²) in [6.07, 6.45) is 1.57. The number of ether oxygens (including phenoxy) is 2. The maximum Gasteiger partial charge on any atom is 0.255 e. The number of morpholine rings is 1. The van der Waals surface area contributed by atoms with E-state index in [0.717, 1.165) is 0 Å². The number of halogens is 2. The molecule has 0 spiro atoms. The van der Waals surface area contributed by atoms with Crippen molar-refractivity contribution in [1.82, 2.24) is 19.5 Å². The molecule has 0 radical (unpaired) electrons. The minimum atomic E-state index is -0.677. The Bertz CT molecular complexity index is 1120. The van der Waals surface area contributed by atoms with Crippen molar-refractivity contribution in [1.29, 1.82) is 0 Å². The second kappa shape index (κ2) is 9.30.